The second-order valence-electron chi connectivity index (χ2n) is 3.34. The molecule has 0 heterocycles. The number of nitrogens with one attached hydrogen (secondary N) is 1. The summed E-state index contributed by atoms with van der Waals surface area (Å²) in [5.41, 5.74) is 1.39. The van der Waals surface area contributed by atoms with E-state index in [0.29, 0.717) is 5.69 Å². The molecule has 0 radical (unpaired) electrons. The van der Waals surface area contributed by atoms with Gasteiger partial charge in [0, 0.05) is 6.54 Å². The van der Waals surface area contributed by atoms with E-state index in [2.05, 4.69) is 24.9 Å². The van der Waals surface area contributed by atoms with Crippen LogP contribution in [0.1, 0.15) is 25.3 Å². The molecule has 0 unspecified atom stereocenters. The highest BCUT2D eigenvalue weighted by Gasteiger charge is 2.00. The molecule has 1 aromatic rings. The third-order valence-corrected chi connectivity index (χ3v) is 2.25. The first-order chi connectivity index (χ1) is 7.27. The summed E-state index contributed by atoms with van der Waals surface area (Å²) < 4.78 is 13.5. The van der Waals surface area contributed by atoms with Gasteiger partial charge in [0.05, 0.1) is 5.69 Å². The van der Waals surface area contributed by atoms with Crippen molar-refractivity contribution < 1.29 is 4.39 Å². The lowest BCUT2D eigenvalue weighted by Gasteiger charge is -2.07. The van der Waals surface area contributed by atoms with E-state index in [1.54, 1.807) is 17.6 Å². The maximum atomic E-state index is 13.5. The highest BCUT2D eigenvalue weighted by atomic mass is 32.1. The Morgan fingerprint density at radius 1 is 1.47 bits per heavy atom. The first kappa shape index (κ1) is 12.1. The number of hydrogen-bond donors (Lipinski definition) is 2. The molecule has 0 saturated carbocycles. The van der Waals surface area contributed by atoms with Crippen molar-refractivity contribution in [1.82, 2.24) is 0 Å². The smallest absolute Gasteiger partial charge is 0.146 e. The number of benzene rings is 1. The molecule has 0 aliphatic carbocycles. The Kier molecular flexibility index (Phi) is 5.26. The van der Waals surface area contributed by atoms with Gasteiger partial charge in [0.15, 0.2) is 0 Å². The number of hydrogen-bond acceptors (Lipinski definition) is 2. The zero-order valence-corrected chi connectivity index (χ0v) is 9.73. The third kappa shape index (κ3) is 3.96. The quantitative estimate of drug-likeness (QED) is 0.571. The average Bonchev–Trinajstić information content (AvgIpc) is 2.22. The van der Waals surface area contributed by atoms with Crippen molar-refractivity contribution >= 4 is 24.4 Å². The van der Waals surface area contributed by atoms with Gasteiger partial charge in [0.1, 0.15) is 5.82 Å². The van der Waals surface area contributed by atoms with Crippen LogP contribution in [-0.2, 0) is 0 Å². The molecule has 1 nitrogen and oxygen atoms in total. The van der Waals surface area contributed by atoms with Gasteiger partial charge in [0.25, 0.3) is 0 Å². The van der Waals surface area contributed by atoms with Crippen LogP contribution in [0.2, 0.25) is 0 Å². The summed E-state index contributed by atoms with van der Waals surface area (Å²) in [6.07, 6.45) is 3.91. The van der Waals surface area contributed by atoms with Crippen LogP contribution < -0.4 is 5.32 Å². The van der Waals surface area contributed by atoms with Gasteiger partial charge in [-0.2, -0.15) is 12.6 Å². The maximum absolute atomic E-state index is 13.5. The second-order valence-corrected chi connectivity index (χ2v) is 3.63. The molecule has 0 spiro atoms. The lowest BCUT2D eigenvalue weighted by molar-refractivity contribution is 0.629. The van der Waals surface area contributed by atoms with Crippen molar-refractivity contribution in [2.45, 2.75) is 19.8 Å². The van der Waals surface area contributed by atoms with E-state index in [1.807, 2.05) is 6.07 Å². The maximum Gasteiger partial charge on any atom is 0.146 e. The summed E-state index contributed by atoms with van der Waals surface area (Å²) in [5, 5.41) is 4.66. The van der Waals surface area contributed by atoms with Crippen LogP contribution in [0.15, 0.2) is 23.6 Å². The first-order valence-electron chi connectivity index (χ1n) is 5.12. The van der Waals surface area contributed by atoms with Crippen LogP contribution in [0, 0.1) is 5.82 Å². The monoisotopic (exact) mass is 225 g/mol. The predicted molar refractivity (Wildman–Crippen MR) is 67.8 cm³/mol. The molecule has 0 fully saturated rings. The highest BCUT2D eigenvalue weighted by Crippen LogP contribution is 2.16. The summed E-state index contributed by atoms with van der Waals surface area (Å²) in [4.78, 5) is 0. The highest BCUT2D eigenvalue weighted by molar-refractivity contribution is 7.83. The Bertz CT molecular complexity index is 336. The van der Waals surface area contributed by atoms with Crippen molar-refractivity contribution in [3.05, 3.63) is 35.0 Å². The van der Waals surface area contributed by atoms with E-state index in [-0.39, 0.29) is 5.82 Å². The van der Waals surface area contributed by atoms with E-state index >= 15 is 0 Å². The van der Waals surface area contributed by atoms with Gasteiger partial charge in [-0.25, -0.2) is 4.39 Å². The fourth-order valence-corrected chi connectivity index (χ4v) is 1.44. The van der Waals surface area contributed by atoms with Crippen molar-refractivity contribution in [1.29, 1.82) is 0 Å². The number of thiol groups is 1. The Labute approximate surface area is 95.8 Å². The molecular weight excluding hydrogens is 209 g/mol. The molecule has 0 aliphatic rings. The Hall–Kier alpha value is -0.960. The average molecular weight is 225 g/mol. The van der Waals surface area contributed by atoms with Gasteiger partial charge in [-0.1, -0.05) is 19.4 Å². The van der Waals surface area contributed by atoms with Gasteiger partial charge in [-0.05, 0) is 35.6 Å². The van der Waals surface area contributed by atoms with Crippen molar-refractivity contribution in [3.8, 4) is 0 Å². The van der Waals surface area contributed by atoms with Gasteiger partial charge >= 0.3 is 0 Å². The number of anilines is 1. The van der Waals surface area contributed by atoms with E-state index in [4.69, 9.17) is 0 Å². The Balaban J connectivity index is 2.66. The third-order valence-electron chi connectivity index (χ3n) is 2.11. The molecule has 0 aromatic heterocycles. The molecule has 0 amide bonds. The molecule has 0 saturated heterocycles. The standard InChI is InChI=1S/C12H16FNS/c1-2-3-7-14-12-5-4-10(6-8-15)9-11(12)13/h4-6,8-9,14-15H,2-3,7H2,1H3/b8-6+. The van der Waals surface area contributed by atoms with Gasteiger partial charge < -0.3 is 5.32 Å². The van der Waals surface area contributed by atoms with Crippen LogP contribution >= 0.6 is 12.6 Å². The fraction of sp³-hybridized carbons (Fsp3) is 0.333. The zero-order valence-electron chi connectivity index (χ0n) is 8.83. The summed E-state index contributed by atoms with van der Waals surface area (Å²) in [6, 6.07) is 5.12. The van der Waals surface area contributed by atoms with Gasteiger partial charge in [-0.3, -0.25) is 0 Å². The topological polar surface area (TPSA) is 12.0 Å². The largest absolute Gasteiger partial charge is 0.383 e. The molecule has 1 N–H and O–H groups in total. The summed E-state index contributed by atoms with van der Waals surface area (Å²) in [7, 11) is 0. The van der Waals surface area contributed by atoms with Gasteiger partial charge in [-0.15, -0.1) is 0 Å². The number of halogens is 1. The van der Waals surface area contributed by atoms with E-state index in [9.17, 15) is 4.39 Å². The first-order valence-corrected chi connectivity index (χ1v) is 5.63. The Morgan fingerprint density at radius 2 is 2.27 bits per heavy atom. The number of unbranched alkanes of at least 4 members (excludes halogenated alkanes) is 1. The van der Waals surface area contributed by atoms with Crippen molar-refractivity contribution in [3.63, 3.8) is 0 Å². The Morgan fingerprint density at radius 3 is 2.87 bits per heavy atom. The molecule has 1 aromatic carbocycles. The minimum absolute atomic E-state index is 0.213. The van der Waals surface area contributed by atoms with Crippen molar-refractivity contribution in [2.75, 3.05) is 11.9 Å². The van der Waals surface area contributed by atoms with Crippen LogP contribution in [0.4, 0.5) is 10.1 Å². The molecule has 82 valence electrons. The normalized spacial score (nSPS) is 10.9. The molecule has 1 rings (SSSR count). The lowest BCUT2D eigenvalue weighted by atomic mass is 10.2. The molecule has 0 aliphatic heterocycles. The SMILES string of the molecule is CCCCNc1ccc(/C=C/S)cc1F. The van der Waals surface area contributed by atoms with E-state index < -0.39 is 0 Å². The van der Waals surface area contributed by atoms with Crippen LogP contribution in [0.5, 0.6) is 0 Å². The molecular formula is C12H16FNS. The van der Waals surface area contributed by atoms with E-state index in [0.717, 1.165) is 24.9 Å². The second kappa shape index (κ2) is 6.51. The predicted octanol–water partition coefficient (Wildman–Crippen LogP) is 3.94. The van der Waals surface area contributed by atoms with Crippen molar-refractivity contribution in [2.24, 2.45) is 0 Å². The van der Waals surface area contributed by atoms with Crippen LogP contribution in [-0.4, -0.2) is 6.54 Å². The summed E-state index contributed by atoms with van der Waals surface area (Å²) >= 11 is 3.94. The minimum atomic E-state index is -0.213. The summed E-state index contributed by atoms with van der Waals surface area (Å²) in [6.45, 7) is 2.92. The lowest BCUT2D eigenvalue weighted by Crippen LogP contribution is -2.02. The minimum Gasteiger partial charge on any atom is -0.383 e. The fourth-order valence-electron chi connectivity index (χ4n) is 1.26. The summed E-state index contributed by atoms with van der Waals surface area (Å²) in [5.74, 6) is -0.213. The zero-order chi connectivity index (χ0) is 11.1. The molecule has 15 heavy (non-hydrogen) atoms. The molecule has 0 atom stereocenters. The van der Waals surface area contributed by atoms with Crippen LogP contribution in [0.25, 0.3) is 6.08 Å². The van der Waals surface area contributed by atoms with E-state index in [1.165, 1.54) is 6.07 Å². The van der Waals surface area contributed by atoms with Crippen LogP contribution in [0.3, 0.4) is 0 Å². The molecule has 0 bridgehead atoms. The number of rotatable bonds is 5. The molecule has 3 heteroatoms. The van der Waals surface area contributed by atoms with Gasteiger partial charge in [0.2, 0.25) is 0 Å².